The van der Waals surface area contributed by atoms with Crippen LogP contribution in [0.15, 0.2) is 0 Å². The van der Waals surface area contributed by atoms with Crippen molar-refractivity contribution >= 4 is 34.7 Å². The van der Waals surface area contributed by atoms with Gasteiger partial charge in [0.15, 0.2) is 5.12 Å². The molecule has 1 aromatic carbocycles. The number of fused-ring (bicyclic) bond motifs is 1. The Morgan fingerprint density at radius 1 is 1.14 bits per heavy atom. The van der Waals surface area contributed by atoms with Gasteiger partial charge in [0.05, 0.1) is 23.4 Å². The summed E-state index contributed by atoms with van der Waals surface area (Å²) in [5.74, 6) is -1.55. The number of hydrogen-bond donors (Lipinski definition) is 3. The van der Waals surface area contributed by atoms with Gasteiger partial charge >= 0.3 is 5.97 Å². The van der Waals surface area contributed by atoms with E-state index in [1.807, 2.05) is 27.7 Å². The van der Waals surface area contributed by atoms with E-state index in [2.05, 4.69) is 22.6 Å². The molecule has 0 saturated heterocycles. The molecular formula is C15H18N2O3S. The zero-order valence-corrected chi connectivity index (χ0v) is 13.3. The maximum absolute atomic E-state index is 11.6. The molecular weight excluding hydrogens is 288 g/mol. The van der Waals surface area contributed by atoms with Crippen LogP contribution in [0.25, 0.3) is 11.0 Å². The summed E-state index contributed by atoms with van der Waals surface area (Å²) in [4.78, 5) is 30.1. The molecule has 0 amide bonds. The van der Waals surface area contributed by atoms with Gasteiger partial charge in [0.1, 0.15) is 5.82 Å². The van der Waals surface area contributed by atoms with Crippen molar-refractivity contribution in [2.75, 3.05) is 0 Å². The van der Waals surface area contributed by atoms with Crippen molar-refractivity contribution in [2.45, 2.75) is 40.0 Å². The number of carbonyl (C=O) groups is 2. The number of carboxylic acid groups (broad SMARTS) is 1. The number of aryl methyl sites for hydroxylation is 2. The van der Waals surface area contributed by atoms with Crippen LogP contribution in [0.5, 0.6) is 0 Å². The topological polar surface area (TPSA) is 83.0 Å². The van der Waals surface area contributed by atoms with Crippen LogP contribution >= 0.6 is 12.6 Å². The average Bonchev–Trinajstić information content (AvgIpc) is 2.84. The van der Waals surface area contributed by atoms with Crippen molar-refractivity contribution in [2.24, 2.45) is 0 Å². The predicted molar refractivity (Wildman–Crippen MR) is 84.0 cm³/mol. The lowest BCUT2D eigenvalue weighted by molar-refractivity contribution is -0.138. The van der Waals surface area contributed by atoms with Crippen LogP contribution in [0.2, 0.25) is 0 Å². The SMILES string of the molecule is Cc1c(C)c(C)c2[nH]c(C(CC(=O)O)C(=O)S)nc2c1C. The Morgan fingerprint density at radius 2 is 1.71 bits per heavy atom. The average molecular weight is 306 g/mol. The Bertz CT molecular complexity index is 704. The summed E-state index contributed by atoms with van der Waals surface area (Å²) < 4.78 is 0. The van der Waals surface area contributed by atoms with Crippen molar-refractivity contribution in [1.82, 2.24) is 9.97 Å². The number of aliphatic carboxylic acids is 1. The zero-order chi connectivity index (χ0) is 15.9. The number of carboxylic acids is 1. The van der Waals surface area contributed by atoms with E-state index in [1.54, 1.807) is 0 Å². The third kappa shape index (κ3) is 2.68. The zero-order valence-electron chi connectivity index (χ0n) is 12.4. The quantitative estimate of drug-likeness (QED) is 0.759. The van der Waals surface area contributed by atoms with E-state index in [4.69, 9.17) is 5.11 Å². The van der Waals surface area contributed by atoms with Gasteiger partial charge in [0, 0.05) is 0 Å². The third-order valence-electron chi connectivity index (χ3n) is 4.15. The van der Waals surface area contributed by atoms with Crippen molar-refractivity contribution in [3.05, 3.63) is 28.1 Å². The highest BCUT2D eigenvalue weighted by molar-refractivity contribution is 7.96. The number of hydrogen-bond acceptors (Lipinski definition) is 3. The maximum atomic E-state index is 11.6. The molecule has 1 unspecified atom stereocenters. The highest BCUT2D eigenvalue weighted by Crippen LogP contribution is 2.30. The van der Waals surface area contributed by atoms with E-state index >= 15 is 0 Å². The number of aromatic nitrogens is 2. The second-order valence-corrected chi connectivity index (χ2v) is 5.78. The third-order valence-corrected chi connectivity index (χ3v) is 4.46. The highest BCUT2D eigenvalue weighted by atomic mass is 32.1. The second kappa shape index (κ2) is 5.52. The molecule has 2 rings (SSSR count). The molecule has 21 heavy (non-hydrogen) atoms. The Hall–Kier alpha value is -1.82. The minimum atomic E-state index is -1.05. The number of aromatic amines is 1. The summed E-state index contributed by atoms with van der Waals surface area (Å²) in [6.45, 7) is 8.03. The number of rotatable bonds is 4. The van der Waals surface area contributed by atoms with Crippen LogP contribution in [-0.2, 0) is 9.59 Å². The molecule has 6 heteroatoms. The van der Waals surface area contributed by atoms with Gasteiger partial charge in [-0.05, 0) is 49.9 Å². The largest absolute Gasteiger partial charge is 0.481 e. The molecule has 0 radical (unpaired) electrons. The number of nitrogens with one attached hydrogen (secondary N) is 1. The van der Waals surface area contributed by atoms with E-state index in [1.165, 1.54) is 5.56 Å². The lowest BCUT2D eigenvalue weighted by Gasteiger charge is -2.09. The van der Waals surface area contributed by atoms with Gasteiger partial charge in [-0.3, -0.25) is 9.59 Å². The molecule has 1 atom stereocenters. The minimum Gasteiger partial charge on any atom is -0.481 e. The lowest BCUT2D eigenvalue weighted by atomic mass is 9.98. The summed E-state index contributed by atoms with van der Waals surface area (Å²) in [5.41, 5.74) is 6.07. The molecule has 112 valence electrons. The maximum Gasteiger partial charge on any atom is 0.304 e. The highest BCUT2D eigenvalue weighted by Gasteiger charge is 2.25. The molecule has 1 heterocycles. The van der Waals surface area contributed by atoms with Crippen LogP contribution in [0.3, 0.4) is 0 Å². The molecule has 0 spiro atoms. The lowest BCUT2D eigenvalue weighted by Crippen LogP contribution is -2.13. The van der Waals surface area contributed by atoms with Crippen LogP contribution in [0, 0.1) is 27.7 Å². The first-order valence-electron chi connectivity index (χ1n) is 6.64. The summed E-state index contributed by atoms with van der Waals surface area (Å²) in [5, 5.41) is 8.44. The smallest absolute Gasteiger partial charge is 0.304 e. The molecule has 0 fully saturated rings. The fraction of sp³-hybridized carbons (Fsp3) is 0.400. The van der Waals surface area contributed by atoms with Gasteiger partial charge in [0.2, 0.25) is 0 Å². The molecule has 0 bridgehead atoms. The standard InChI is InChI=1S/C15H18N2O3S/c1-6-7(2)9(4)13-12(8(6)3)16-14(17-13)10(15(20)21)5-11(18)19/h10H,5H2,1-4H3,(H,16,17)(H,18,19)(H,20,21). The number of nitrogens with zero attached hydrogens (tertiary/aromatic N) is 1. The fourth-order valence-electron chi connectivity index (χ4n) is 2.50. The van der Waals surface area contributed by atoms with E-state index < -0.39 is 17.0 Å². The predicted octanol–water partition coefficient (Wildman–Crippen LogP) is 2.81. The molecule has 0 aliphatic rings. The van der Waals surface area contributed by atoms with Gasteiger partial charge in [0.25, 0.3) is 0 Å². The van der Waals surface area contributed by atoms with Crippen molar-refractivity contribution < 1.29 is 14.7 Å². The van der Waals surface area contributed by atoms with Crippen molar-refractivity contribution in [1.29, 1.82) is 0 Å². The molecule has 5 nitrogen and oxygen atoms in total. The van der Waals surface area contributed by atoms with E-state index in [-0.39, 0.29) is 6.42 Å². The minimum absolute atomic E-state index is 0.321. The fourth-order valence-corrected chi connectivity index (χ4v) is 2.72. The molecule has 1 aromatic heterocycles. The van der Waals surface area contributed by atoms with Crippen LogP contribution < -0.4 is 0 Å². The molecule has 0 aliphatic heterocycles. The molecule has 0 saturated carbocycles. The molecule has 2 aromatic rings. The van der Waals surface area contributed by atoms with Gasteiger partial charge in [-0.1, -0.05) is 0 Å². The van der Waals surface area contributed by atoms with Crippen LogP contribution in [0.4, 0.5) is 0 Å². The Kier molecular flexibility index (Phi) is 4.09. The first-order valence-corrected chi connectivity index (χ1v) is 7.09. The number of thiol groups is 1. The molecule has 0 aliphatic carbocycles. The Balaban J connectivity index is 2.67. The van der Waals surface area contributed by atoms with Crippen molar-refractivity contribution in [3.8, 4) is 0 Å². The van der Waals surface area contributed by atoms with Gasteiger partial charge < -0.3 is 10.1 Å². The van der Waals surface area contributed by atoms with E-state index in [0.29, 0.717) is 5.82 Å². The van der Waals surface area contributed by atoms with Gasteiger partial charge in [-0.2, -0.15) is 0 Å². The number of benzene rings is 1. The number of carbonyl (C=O) groups excluding carboxylic acids is 1. The van der Waals surface area contributed by atoms with E-state index in [9.17, 15) is 9.59 Å². The summed E-state index contributed by atoms with van der Waals surface area (Å²) >= 11 is 3.79. The monoisotopic (exact) mass is 306 g/mol. The molecule has 2 N–H and O–H groups in total. The Labute approximate surface area is 128 Å². The first kappa shape index (κ1) is 15.6. The summed E-state index contributed by atoms with van der Waals surface area (Å²) in [6.07, 6.45) is -0.321. The van der Waals surface area contributed by atoms with Gasteiger partial charge in [-0.15, -0.1) is 12.6 Å². The number of imidazole rings is 1. The first-order chi connectivity index (χ1) is 9.73. The van der Waals surface area contributed by atoms with Crippen LogP contribution in [0.1, 0.15) is 40.4 Å². The summed E-state index contributed by atoms with van der Waals surface area (Å²) in [6, 6.07) is 0. The Morgan fingerprint density at radius 3 is 2.24 bits per heavy atom. The van der Waals surface area contributed by atoms with Crippen LogP contribution in [-0.4, -0.2) is 26.2 Å². The summed E-state index contributed by atoms with van der Waals surface area (Å²) in [7, 11) is 0. The van der Waals surface area contributed by atoms with E-state index in [0.717, 1.165) is 27.7 Å². The second-order valence-electron chi connectivity index (χ2n) is 5.33. The normalized spacial score (nSPS) is 12.6. The van der Waals surface area contributed by atoms with Crippen molar-refractivity contribution in [3.63, 3.8) is 0 Å². The van der Waals surface area contributed by atoms with Gasteiger partial charge in [-0.25, -0.2) is 4.98 Å². The number of H-pyrrole nitrogens is 1.